The Hall–Kier alpha value is -1.08. The number of carbonyl (C=O) groups excluding carboxylic acids is 1. The van der Waals surface area contributed by atoms with Gasteiger partial charge in [0.2, 0.25) is 5.91 Å². The largest absolute Gasteiger partial charge is 0.374 e. The standard InChI is InChI=1S/C13H20N2O2/c1-7-8(2)17-9(3)12(7)13(16)15-11(6-14)10-4-5-10/h7-12H,4-5H2,1-3H3,(H,15,16). The van der Waals surface area contributed by atoms with E-state index in [1.807, 2.05) is 20.8 Å². The number of ether oxygens (including phenoxy) is 1. The van der Waals surface area contributed by atoms with Crippen LogP contribution in [0.4, 0.5) is 0 Å². The molecule has 4 heteroatoms. The topological polar surface area (TPSA) is 62.1 Å². The second-order valence-corrected chi connectivity index (χ2v) is 5.38. The van der Waals surface area contributed by atoms with Gasteiger partial charge in [0.25, 0.3) is 0 Å². The Bertz CT molecular complexity index is 346. The first kappa shape index (κ1) is 12.4. The summed E-state index contributed by atoms with van der Waals surface area (Å²) in [6, 6.07) is 1.88. The van der Waals surface area contributed by atoms with Crippen LogP contribution in [0.25, 0.3) is 0 Å². The molecule has 1 heterocycles. The summed E-state index contributed by atoms with van der Waals surface area (Å²) in [5.74, 6) is 0.435. The van der Waals surface area contributed by atoms with Gasteiger partial charge in [-0.15, -0.1) is 0 Å². The van der Waals surface area contributed by atoms with Crippen LogP contribution in [-0.2, 0) is 9.53 Å². The van der Waals surface area contributed by atoms with Crippen LogP contribution in [0, 0.1) is 29.1 Å². The Balaban J connectivity index is 1.97. The minimum absolute atomic E-state index is 0.0206. The van der Waals surface area contributed by atoms with E-state index >= 15 is 0 Å². The predicted molar refractivity (Wildman–Crippen MR) is 62.9 cm³/mol. The second kappa shape index (κ2) is 4.66. The van der Waals surface area contributed by atoms with Crippen LogP contribution in [0.1, 0.15) is 33.6 Å². The molecule has 0 aromatic carbocycles. The summed E-state index contributed by atoms with van der Waals surface area (Å²) in [5.41, 5.74) is 0. The average molecular weight is 236 g/mol. The summed E-state index contributed by atoms with van der Waals surface area (Å²) >= 11 is 0. The third-order valence-corrected chi connectivity index (χ3v) is 4.07. The Morgan fingerprint density at radius 2 is 2.00 bits per heavy atom. The van der Waals surface area contributed by atoms with Crippen molar-refractivity contribution in [1.82, 2.24) is 5.32 Å². The minimum Gasteiger partial charge on any atom is -0.374 e. The van der Waals surface area contributed by atoms with Gasteiger partial charge in [0, 0.05) is 0 Å². The van der Waals surface area contributed by atoms with E-state index in [0.29, 0.717) is 5.92 Å². The van der Waals surface area contributed by atoms with Crippen LogP contribution in [0.3, 0.4) is 0 Å². The van der Waals surface area contributed by atoms with Crippen molar-refractivity contribution in [3.63, 3.8) is 0 Å². The Kier molecular flexibility index (Phi) is 3.39. The molecule has 0 aromatic heterocycles. The van der Waals surface area contributed by atoms with Gasteiger partial charge in [0.1, 0.15) is 6.04 Å². The van der Waals surface area contributed by atoms with Crippen LogP contribution >= 0.6 is 0 Å². The second-order valence-electron chi connectivity index (χ2n) is 5.38. The molecule has 1 amide bonds. The zero-order valence-corrected chi connectivity index (χ0v) is 10.6. The molecule has 1 aliphatic carbocycles. The predicted octanol–water partition coefficient (Wildman–Crippen LogP) is 1.46. The van der Waals surface area contributed by atoms with Crippen LogP contribution in [0.15, 0.2) is 0 Å². The number of carbonyl (C=O) groups is 1. The maximum Gasteiger partial charge on any atom is 0.227 e. The van der Waals surface area contributed by atoms with Gasteiger partial charge in [-0.1, -0.05) is 6.92 Å². The van der Waals surface area contributed by atoms with Gasteiger partial charge in [0.15, 0.2) is 0 Å². The molecule has 94 valence electrons. The Labute approximate surface area is 102 Å². The molecule has 2 aliphatic rings. The summed E-state index contributed by atoms with van der Waals surface area (Å²) in [6.45, 7) is 5.97. The molecule has 1 saturated heterocycles. The van der Waals surface area contributed by atoms with Crippen molar-refractivity contribution in [3.8, 4) is 6.07 Å². The normalized spacial score (nSPS) is 38.5. The molecule has 0 aromatic rings. The molecule has 2 fully saturated rings. The summed E-state index contributed by atoms with van der Waals surface area (Å²) in [7, 11) is 0. The van der Waals surface area contributed by atoms with Gasteiger partial charge in [-0.25, -0.2) is 0 Å². The van der Waals surface area contributed by atoms with Crippen molar-refractivity contribution in [3.05, 3.63) is 0 Å². The number of nitrogens with one attached hydrogen (secondary N) is 1. The maximum absolute atomic E-state index is 12.2. The van der Waals surface area contributed by atoms with E-state index in [2.05, 4.69) is 11.4 Å². The van der Waals surface area contributed by atoms with Gasteiger partial charge >= 0.3 is 0 Å². The molecule has 5 unspecified atom stereocenters. The molecule has 1 aliphatic heterocycles. The van der Waals surface area contributed by atoms with Crippen molar-refractivity contribution >= 4 is 5.91 Å². The fraction of sp³-hybridized carbons (Fsp3) is 0.846. The van der Waals surface area contributed by atoms with Crippen LogP contribution in [0.2, 0.25) is 0 Å². The molecule has 0 radical (unpaired) electrons. The number of rotatable bonds is 3. The van der Waals surface area contributed by atoms with Crippen molar-refractivity contribution < 1.29 is 9.53 Å². The van der Waals surface area contributed by atoms with E-state index in [9.17, 15) is 4.79 Å². The lowest BCUT2D eigenvalue weighted by molar-refractivity contribution is -0.127. The highest BCUT2D eigenvalue weighted by atomic mass is 16.5. The molecule has 1 N–H and O–H groups in total. The fourth-order valence-electron chi connectivity index (χ4n) is 2.65. The quantitative estimate of drug-likeness (QED) is 0.807. The average Bonchev–Trinajstić information content (AvgIpc) is 3.05. The van der Waals surface area contributed by atoms with Crippen LogP contribution < -0.4 is 5.32 Å². The van der Waals surface area contributed by atoms with Crippen LogP contribution in [0.5, 0.6) is 0 Å². The molecule has 0 bridgehead atoms. The first-order valence-corrected chi connectivity index (χ1v) is 6.40. The summed E-state index contributed by atoms with van der Waals surface area (Å²) in [6.07, 6.45) is 2.17. The first-order chi connectivity index (χ1) is 8.04. The third-order valence-electron chi connectivity index (χ3n) is 4.07. The van der Waals surface area contributed by atoms with E-state index in [1.165, 1.54) is 0 Å². The molecule has 5 atom stereocenters. The highest BCUT2D eigenvalue weighted by molar-refractivity contribution is 5.80. The van der Waals surface area contributed by atoms with Gasteiger partial charge in [0.05, 0.1) is 24.2 Å². The highest BCUT2D eigenvalue weighted by Crippen LogP contribution is 2.35. The van der Waals surface area contributed by atoms with Crippen molar-refractivity contribution in [2.24, 2.45) is 17.8 Å². The molecule has 2 rings (SSSR count). The van der Waals surface area contributed by atoms with E-state index in [0.717, 1.165) is 12.8 Å². The van der Waals surface area contributed by atoms with Crippen molar-refractivity contribution in [1.29, 1.82) is 5.26 Å². The van der Waals surface area contributed by atoms with Gasteiger partial charge in [-0.3, -0.25) is 4.79 Å². The van der Waals surface area contributed by atoms with Gasteiger partial charge in [-0.05, 0) is 38.5 Å². The molecule has 1 saturated carbocycles. The monoisotopic (exact) mass is 236 g/mol. The van der Waals surface area contributed by atoms with E-state index in [4.69, 9.17) is 10.00 Å². The van der Waals surface area contributed by atoms with Crippen LogP contribution in [-0.4, -0.2) is 24.2 Å². The number of nitriles is 1. The molecular weight excluding hydrogens is 216 g/mol. The number of hydrogen-bond acceptors (Lipinski definition) is 3. The molecule has 17 heavy (non-hydrogen) atoms. The minimum atomic E-state index is -0.308. The fourth-order valence-corrected chi connectivity index (χ4v) is 2.65. The molecule has 4 nitrogen and oxygen atoms in total. The lowest BCUT2D eigenvalue weighted by atomic mass is 9.88. The molecule has 0 spiro atoms. The summed E-state index contributed by atoms with van der Waals surface area (Å²) in [5, 5.41) is 11.9. The lowest BCUT2D eigenvalue weighted by Gasteiger charge is -2.20. The number of nitrogens with zero attached hydrogens (tertiary/aromatic N) is 1. The smallest absolute Gasteiger partial charge is 0.227 e. The zero-order chi connectivity index (χ0) is 12.6. The van der Waals surface area contributed by atoms with Crippen molar-refractivity contribution in [2.75, 3.05) is 0 Å². The van der Waals surface area contributed by atoms with Gasteiger partial charge in [-0.2, -0.15) is 5.26 Å². The van der Waals surface area contributed by atoms with E-state index in [-0.39, 0.29) is 36.0 Å². The zero-order valence-electron chi connectivity index (χ0n) is 10.6. The lowest BCUT2D eigenvalue weighted by Crippen LogP contribution is -2.43. The maximum atomic E-state index is 12.2. The summed E-state index contributed by atoms with van der Waals surface area (Å²) < 4.78 is 5.65. The first-order valence-electron chi connectivity index (χ1n) is 6.40. The van der Waals surface area contributed by atoms with E-state index in [1.54, 1.807) is 0 Å². The van der Waals surface area contributed by atoms with E-state index < -0.39 is 0 Å². The highest BCUT2D eigenvalue weighted by Gasteiger charge is 2.43. The van der Waals surface area contributed by atoms with Crippen molar-refractivity contribution in [2.45, 2.75) is 51.9 Å². The third kappa shape index (κ3) is 2.44. The Morgan fingerprint density at radius 3 is 2.41 bits per heavy atom. The van der Waals surface area contributed by atoms with Gasteiger partial charge < -0.3 is 10.1 Å². The number of amides is 1. The summed E-state index contributed by atoms with van der Waals surface area (Å²) in [4.78, 5) is 12.2. The number of hydrogen-bond donors (Lipinski definition) is 1. The SMILES string of the molecule is CC1OC(C)C(C(=O)NC(C#N)C2CC2)C1C. The Morgan fingerprint density at radius 1 is 1.35 bits per heavy atom. The molecular formula is C13H20N2O2.